The van der Waals surface area contributed by atoms with E-state index in [1.165, 1.54) is 10.8 Å². The summed E-state index contributed by atoms with van der Waals surface area (Å²) in [4.78, 5) is 19.0. The van der Waals surface area contributed by atoms with Gasteiger partial charge in [0.15, 0.2) is 5.69 Å². The summed E-state index contributed by atoms with van der Waals surface area (Å²) in [6.45, 7) is 4.93. The van der Waals surface area contributed by atoms with Crippen LogP contribution in [0.1, 0.15) is 26.5 Å². The summed E-state index contributed by atoms with van der Waals surface area (Å²) in [6.07, 6.45) is -2.31. The van der Waals surface area contributed by atoms with E-state index in [1.54, 1.807) is 43.4 Å². The molecule has 2 heterocycles. The highest BCUT2D eigenvalue weighted by molar-refractivity contribution is 14.1. The quantitative estimate of drug-likeness (QED) is 0.545. The maximum Gasteiger partial charge on any atom is 0.434 e. The van der Waals surface area contributed by atoms with E-state index in [1.807, 2.05) is 0 Å². The fourth-order valence-electron chi connectivity index (χ4n) is 1.92. The zero-order chi connectivity index (χ0) is 16.7. The number of nitrogens with zero attached hydrogens (tertiary/aromatic N) is 3. The zero-order valence-electron chi connectivity index (χ0n) is 12.0. The summed E-state index contributed by atoms with van der Waals surface area (Å²) >= 11 is 1.77. The highest BCUT2D eigenvalue weighted by Gasteiger charge is 2.36. The standard InChI is InChI=1S/C13H13F3IN3O2/c1-12(2,3)22-8(21)5-20-4-7(17)9-10(13(14,15)16)18-6-19-11(9)20/h4,6H,5H2,1-3H3. The molecule has 0 aliphatic carbocycles. The number of fused-ring (bicyclic) bond motifs is 1. The van der Waals surface area contributed by atoms with Crippen LogP contribution in [0.3, 0.4) is 0 Å². The molecule has 0 aliphatic rings. The molecule has 0 saturated carbocycles. The van der Waals surface area contributed by atoms with E-state index in [0.29, 0.717) is 3.57 Å². The zero-order valence-corrected chi connectivity index (χ0v) is 14.2. The summed E-state index contributed by atoms with van der Waals surface area (Å²) in [7, 11) is 0. The number of aromatic nitrogens is 3. The van der Waals surface area contributed by atoms with E-state index < -0.39 is 23.4 Å². The van der Waals surface area contributed by atoms with E-state index in [-0.39, 0.29) is 17.6 Å². The van der Waals surface area contributed by atoms with Gasteiger partial charge in [-0.25, -0.2) is 9.97 Å². The molecule has 120 valence electrons. The van der Waals surface area contributed by atoms with E-state index in [2.05, 4.69) is 9.97 Å². The third-order valence-electron chi connectivity index (χ3n) is 2.60. The Bertz CT molecular complexity index is 720. The maximum atomic E-state index is 13.0. The van der Waals surface area contributed by atoms with Crippen LogP contribution >= 0.6 is 22.6 Å². The van der Waals surface area contributed by atoms with Gasteiger partial charge < -0.3 is 9.30 Å². The molecule has 0 unspecified atom stereocenters. The molecule has 22 heavy (non-hydrogen) atoms. The fraction of sp³-hybridized carbons (Fsp3) is 0.462. The van der Waals surface area contributed by atoms with Gasteiger partial charge in [-0.2, -0.15) is 13.2 Å². The third kappa shape index (κ3) is 3.68. The second-order valence-electron chi connectivity index (χ2n) is 5.61. The summed E-state index contributed by atoms with van der Waals surface area (Å²) in [5, 5.41) is -0.112. The molecule has 0 aliphatic heterocycles. The topological polar surface area (TPSA) is 57.0 Å². The summed E-state index contributed by atoms with van der Waals surface area (Å²) < 4.78 is 45.8. The number of halogens is 4. The number of hydrogen-bond acceptors (Lipinski definition) is 4. The monoisotopic (exact) mass is 427 g/mol. The average molecular weight is 427 g/mol. The number of rotatable bonds is 2. The van der Waals surface area contributed by atoms with Crippen LogP contribution in [0.5, 0.6) is 0 Å². The molecule has 0 atom stereocenters. The number of carbonyl (C=O) groups is 1. The lowest BCUT2D eigenvalue weighted by Gasteiger charge is -2.19. The van der Waals surface area contributed by atoms with Gasteiger partial charge in [0.05, 0.1) is 5.39 Å². The minimum Gasteiger partial charge on any atom is -0.459 e. The molecular weight excluding hydrogens is 414 g/mol. The first-order valence-electron chi connectivity index (χ1n) is 6.27. The Balaban J connectivity index is 2.44. The first-order valence-corrected chi connectivity index (χ1v) is 7.35. The second kappa shape index (κ2) is 5.67. The molecule has 2 aromatic heterocycles. The van der Waals surface area contributed by atoms with E-state index in [0.717, 1.165) is 6.33 Å². The molecular formula is C13H13F3IN3O2. The van der Waals surface area contributed by atoms with Crippen LogP contribution in [0, 0.1) is 3.57 Å². The van der Waals surface area contributed by atoms with Crippen LogP contribution < -0.4 is 0 Å². The Hall–Kier alpha value is -1.39. The first kappa shape index (κ1) is 17.0. The molecule has 0 fully saturated rings. The molecule has 9 heteroatoms. The maximum absolute atomic E-state index is 13.0. The van der Waals surface area contributed by atoms with Crippen LogP contribution in [0.15, 0.2) is 12.5 Å². The molecule has 0 radical (unpaired) electrons. The Morgan fingerprint density at radius 2 is 1.95 bits per heavy atom. The summed E-state index contributed by atoms with van der Waals surface area (Å²) in [5.74, 6) is -0.548. The van der Waals surface area contributed by atoms with Gasteiger partial charge in [0.25, 0.3) is 0 Å². The molecule has 5 nitrogen and oxygen atoms in total. The molecule has 0 spiro atoms. The third-order valence-corrected chi connectivity index (χ3v) is 3.41. The van der Waals surface area contributed by atoms with Crippen molar-refractivity contribution >= 4 is 39.6 Å². The number of alkyl halides is 3. The van der Waals surface area contributed by atoms with Crippen molar-refractivity contribution in [3.8, 4) is 0 Å². The minimum atomic E-state index is -4.58. The van der Waals surface area contributed by atoms with Crippen LogP contribution in [-0.2, 0) is 22.3 Å². The van der Waals surface area contributed by atoms with Crippen LogP contribution in [0.25, 0.3) is 11.0 Å². The molecule has 2 rings (SSSR count). The van der Waals surface area contributed by atoms with Crippen LogP contribution in [0.4, 0.5) is 13.2 Å². The van der Waals surface area contributed by atoms with Crippen molar-refractivity contribution in [1.82, 2.24) is 14.5 Å². The van der Waals surface area contributed by atoms with Gasteiger partial charge in [0.2, 0.25) is 0 Å². The normalized spacial score (nSPS) is 12.7. The van der Waals surface area contributed by atoms with Crippen molar-refractivity contribution < 1.29 is 22.7 Å². The highest BCUT2D eigenvalue weighted by Crippen LogP contribution is 2.35. The smallest absolute Gasteiger partial charge is 0.434 e. The Kier molecular flexibility index (Phi) is 4.37. The Morgan fingerprint density at radius 1 is 1.32 bits per heavy atom. The van der Waals surface area contributed by atoms with Gasteiger partial charge in [0, 0.05) is 9.77 Å². The largest absolute Gasteiger partial charge is 0.459 e. The lowest BCUT2D eigenvalue weighted by Crippen LogP contribution is -2.26. The van der Waals surface area contributed by atoms with Crippen LogP contribution in [-0.4, -0.2) is 26.1 Å². The lowest BCUT2D eigenvalue weighted by molar-refractivity contribution is -0.155. The second-order valence-corrected chi connectivity index (χ2v) is 6.77. The first-order chi connectivity index (χ1) is 9.99. The summed E-state index contributed by atoms with van der Waals surface area (Å²) in [5.41, 5.74) is -1.62. The average Bonchev–Trinajstić information content (AvgIpc) is 2.63. The van der Waals surface area contributed by atoms with Gasteiger partial charge in [-0.3, -0.25) is 4.79 Å². The molecule has 0 N–H and O–H groups in total. The van der Waals surface area contributed by atoms with Crippen molar-refractivity contribution in [3.05, 3.63) is 21.8 Å². The van der Waals surface area contributed by atoms with Gasteiger partial charge in [-0.1, -0.05) is 0 Å². The number of hydrogen-bond donors (Lipinski definition) is 0. The van der Waals surface area contributed by atoms with Crippen molar-refractivity contribution in [2.24, 2.45) is 0 Å². The molecule has 0 bridgehead atoms. The Labute approximate surface area is 138 Å². The number of ether oxygens (including phenoxy) is 1. The van der Waals surface area contributed by atoms with Crippen molar-refractivity contribution in [2.45, 2.75) is 39.1 Å². The van der Waals surface area contributed by atoms with Crippen molar-refractivity contribution in [1.29, 1.82) is 0 Å². The van der Waals surface area contributed by atoms with Gasteiger partial charge in [0.1, 0.15) is 24.1 Å². The Morgan fingerprint density at radius 3 is 2.50 bits per heavy atom. The predicted octanol–water partition coefficient (Wildman–Crippen LogP) is 3.40. The van der Waals surface area contributed by atoms with Gasteiger partial charge in [-0.05, 0) is 43.4 Å². The summed E-state index contributed by atoms with van der Waals surface area (Å²) in [6, 6.07) is 0. The van der Waals surface area contributed by atoms with Crippen molar-refractivity contribution in [3.63, 3.8) is 0 Å². The number of esters is 1. The van der Waals surface area contributed by atoms with E-state index in [4.69, 9.17) is 4.74 Å². The van der Waals surface area contributed by atoms with Crippen LogP contribution in [0.2, 0.25) is 0 Å². The minimum absolute atomic E-state index is 0.0533. The lowest BCUT2D eigenvalue weighted by atomic mass is 10.2. The molecule has 0 saturated heterocycles. The molecule has 0 amide bonds. The predicted molar refractivity (Wildman–Crippen MR) is 81.1 cm³/mol. The van der Waals surface area contributed by atoms with Crippen molar-refractivity contribution in [2.75, 3.05) is 0 Å². The molecule has 2 aromatic rings. The number of carbonyl (C=O) groups excluding carboxylic acids is 1. The fourth-order valence-corrected chi connectivity index (χ4v) is 2.76. The molecule has 0 aromatic carbocycles. The van der Waals surface area contributed by atoms with E-state index in [9.17, 15) is 18.0 Å². The highest BCUT2D eigenvalue weighted by atomic mass is 127. The van der Waals surface area contributed by atoms with Gasteiger partial charge in [-0.15, -0.1) is 0 Å². The SMILES string of the molecule is CC(C)(C)OC(=O)Cn1cc(I)c2c(C(F)(F)F)ncnc21. The van der Waals surface area contributed by atoms with Gasteiger partial charge >= 0.3 is 12.1 Å². The van der Waals surface area contributed by atoms with E-state index >= 15 is 0 Å².